The Balaban J connectivity index is 1.57. The second kappa shape index (κ2) is 9.44. The van der Waals surface area contributed by atoms with Crippen LogP contribution in [0, 0.1) is 5.92 Å². The average Bonchev–Trinajstić information content (AvgIpc) is 3.44. The van der Waals surface area contributed by atoms with Crippen molar-refractivity contribution in [3.63, 3.8) is 0 Å². The van der Waals surface area contributed by atoms with Crippen LogP contribution < -0.4 is 5.32 Å². The van der Waals surface area contributed by atoms with Crippen molar-refractivity contribution in [3.05, 3.63) is 47.0 Å². The lowest BCUT2D eigenvalue weighted by molar-refractivity contribution is -0.139. The molecule has 11 heteroatoms. The van der Waals surface area contributed by atoms with Gasteiger partial charge in [0.2, 0.25) is 0 Å². The van der Waals surface area contributed by atoms with Crippen molar-refractivity contribution in [3.8, 4) is 0 Å². The second-order valence-electron chi connectivity index (χ2n) is 8.99. The number of alkyl halides is 2. The number of carbonyl (C=O) groups is 1. The summed E-state index contributed by atoms with van der Waals surface area (Å²) in [7, 11) is -3.41. The number of allylic oxidation sites excluding steroid dienone is 1. The molecule has 2 heterocycles. The Morgan fingerprint density at radius 3 is 2.41 bits per heavy atom. The van der Waals surface area contributed by atoms with Gasteiger partial charge >= 0.3 is 0 Å². The number of nitrogens with zero attached hydrogens (tertiary/aromatic N) is 1. The molecule has 0 radical (unpaired) electrons. The third kappa shape index (κ3) is 5.70. The van der Waals surface area contributed by atoms with Crippen LogP contribution in [0.25, 0.3) is 5.57 Å². The van der Waals surface area contributed by atoms with Crippen LogP contribution in [0.2, 0.25) is 0 Å². The minimum absolute atomic E-state index is 0.0183. The second-order valence-corrected chi connectivity index (χ2v) is 11.9. The lowest BCUT2D eigenvalue weighted by Crippen LogP contribution is -2.19. The Morgan fingerprint density at radius 2 is 1.85 bits per heavy atom. The number of sulfone groups is 1. The minimum Gasteiger partial charge on any atom is -0.347 e. The van der Waals surface area contributed by atoms with E-state index in [1.165, 1.54) is 35.6 Å². The number of carbonyl (C=O) groups excluding carboxylic acids is 1. The molecule has 0 spiro atoms. The van der Waals surface area contributed by atoms with E-state index in [0.29, 0.717) is 23.0 Å². The highest BCUT2D eigenvalue weighted by Crippen LogP contribution is 2.36. The predicted molar refractivity (Wildman–Crippen MR) is 125 cm³/mol. The molecule has 1 aliphatic heterocycles. The smallest absolute Gasteiger partial charge is 0.257 e. The number of ether oxygens (including phenoxy) is 2. The van der Waals surface area contributed by atoms with Crippen LogP contribution in [0.1, 0.15) is 44.1 Å². The normalized spacial score (nSPS) is 27.1. The van der Waals surface area contributed by atoms with Crippen molar-refractivity contribution in [2.75, 3.05) is 18.2 Å². The van der Waals surface area contributed by atoms with Gasteiger partial charge in [0.25, 0.3) is 5.91 Å². The lowest BCUT2D eigenvalue weighted by Gasteiger charge is -2.16. The molecule has 4 rings (SSSR count). The molecule has 1 N–H and O–H groups in total. The molecule has 2 aromatic rings. The van der Waals surface area contributed by atoms with E-state index in [1.54, 1.807) is 25.3 Å². The number of thiazole rings is 1. The highest BCUT2D eigenvalue weighted by molar-refractivity contribution is 7.90. The van der Waals surface area contributed by atoms with Crippen molar-refractivity contribution in [2.24, 2.45) is 5.92 Å². The topological polar surface area (TPSA) is 94.6 Å². The molecule has 1 amide bonds. The van der Waals surface area contributed by atoms with Gasteiger partial charge in [-0.1, -0.05) is 18.2 Å². The third-order valence-corrected chi connectivity index (χ3v) is 7.67. The van der Waals surface area contributed by atoms with E-state index in [9.17, 15) is 22.0 Å². The molecule has 2 fully saturated rings. The molecule has 34 heavy (non-hydrogen) atoms. The zero-order valence-corrected chi connectivity index (χ0v) is 20.6. The van der Waals surface area contributed by atoms with E-state index in [-0.39, 0.29) is 29.4 Å². The number of halogens is 2. The summed E-state index contributed by atoms with van der Waals surface area (Å²) in [5.74, 6) is -1.68. The fourth-order valence-electron chi connectivity index (χ4n) is 4.02. The summed E-state index contributed by atoms with van der Waals surface area (Å²) in [6.45, 7) is 3.96. The van der Waals surface area contributed by atoms with Gasteiger partial charge < -0.3 is 9.47 Å². The summed E-state index contributed by atoms with van der Waals surface area (Å²) in [6, 6.07) is 5.82. The summed E-state index contributed by atoms with van der Waals surface area (Å²) in [4.78, 5) is 17.7. The number of amides is 1. The molecule has 2 aliphatic rings. The summed E-state index contributed by atoms with van der Waals surface area (Å²) < 4.78 is 62.4. The number of hydrogen-bond donors (Lipinski definition) is 1. The summed E-state index contributed by atoms with van der Waals surface area (Å²) >= 11 is 1.22. The first-order valence-corrected chi connectivity index (χ1v) is 13.6. The number of nitrogens with one attached hydrogen (secondary N) is 1. The Hall–Kier alpha value is -2.21. The minimum atomic E-state index is -3.41. The zero-order chi connectivity index (χ0) is 24.7. The van der Waals surface area contributed by atoms with Gasteiger partial charge in [-0.15, -0.1) is 11.3 Å². The van der Waals surface area contributed by atoms with Crippen LogP contribution in [0.15, 0.2) is 40.6 Å². The van der Waals surface area contributed by atoms with E-state index in [4.69, 9.17) is 9.47 Å². The van der Waals surface area contributed by atoms with E-state index in [2.05, 4.69) is 10.3 Å². The predicted octanol–water partition coefficient (Wildman–Crippen LogP) is 4.48. The number of rotatable bonds is 6. The van der Waals surface area contributed by atoms with Gasteiger partial charge in [0.05, 0.1) is 17.2 Å². The molecule has 1 saturated heterocycles. The van der Waals surface area contributed by atoms with Crippen molar-refractivity contribution >= 4 is 37.8 Å². The highest BCUT2D eigenvalue weighted by Gasteiger charge is 2.36. The van der Waals surface area contributed by atoms with Gasteiger partial charge in [0.15, 0.2) is 20.8 Å². The molecule has 1 aliphatic carbocycles. The number of aromatic nitrogens is 1. The molecule has 1 saturated carbocycles. The van der Waals surface area contributed by atoms with Crippen LogP contribution in [0.3, 0.4) is 0 Å². The van der Waals surface area contributed by atoms with Gasteiger partial charge in [-0.3, -0.25) is 10.1 Å². The molecule has 184 valence electrons. The third-order valence-electron chi connectivity index (χ3n) is 5.77. The number of anilines is 1. The van der Waals surface area contributed by atoms with Crippen molar-refractivity contribution in [2.45, 2.75) is 55.8 Å². The van der Waals surface area contributed by atoms with Gasteiger partial charge in [-0.05, 0) is 50.3 Å². The quantitative estimate of drug-likeness (QED) is 0.574. The van der Waals surface area contributed by atoms with Crippen LogP contribution in [0.4, 0.5) is 13.9 Å². The lowest BCUT2D eigenvalue weighted by atomic mass is 9.98. The van der Waals surface area contributed by atoms with E-state index >= 15 is 0 Å². The molecular formula is C23H26F2N2O5S2. The van der Waals surface area contributed by atoms with Crippen molar-refractivity contribution < 1.29 is 31.5 Å². The number of hydrogen-bond acceptors (Lipinski definition) is 7. The van der Waals surface area contributed by atoms with Crippen LogP contribution in [-0.4, -0.2) is 50.3 Å². The monoisotopic (exact) mass is 512 g/mol. The molecule has 1 aromatic heterocycles. The Kier molecular flexibility index (Phi) is 6.92. The van der Waals surface area contributed by atoms with Crippen LogP contribution in [0.5, 0.6) is 0 Å². The van der Waals surface area contributed by atoms with E-state index in [1.807, 2.05) is 0 Å². The molecule has 2 unspecified atom stereocenters. The maximum absolute atomic E-state index is 13.8. The Morgan fingerprint density at radius 1 is 1.21 bits per heavy atom. The summed E-state index contributed by atoms with van der Waals surface area (Å²) in [5.41, 5.74) is 1.27. The highest BCUT2D eigenvalue weighted by atomic mass is 32.2. The molecular weight excluding hydrogens is 486 g/mol. The summed E-state index contributed by atoms with van der Waals surface area (Å²) in [6.07, 6.45) is -0.882. The molecule has 0 bridgehead atoms. The van der Waals surface area contributed by atoms with Crippen LogP contribution >= 0.6 is 11.3 Å². The SMILES string of the molecule is CC1(C)OCC(c2csc(NC(=O)/C(=C/C3C[C@@H](F)[C@@H](F)C3)c3ccc(S(C)(=O)=O)cc3)n2)O1. The molecule has 1 aromatic carbocycles. The van der Waals surface area contributed by atoms with Crippen LogP contribution in [-0.2, 0) is 24.1 Å². The first-order valence-electron chi connectivity index (χ1n) is 10.8. The maximum atomic E-state index is 13.8. The molecule has 4 atom stereocenters. The first kappa shape index (κ1) is 24.9. The van der Waals surface area contributed by atoms with Gasteiger partial charge in [-0.2, -0.15) is 0 Å². The van der Waals surface area contributed by atoms with Gasteiger partial charge in [0, 0.05) is 17.2 Å². The Labute approximate surface area is 201 Å². The van der Waals surface area contributed by atoms with Gasteiger partial charge in [0.1, 0.15) is 18.4 Å². The summed E-state index contributed by atoms with van der Waals surface area (Å²) in [5, 5.41) is 4.85. The van der Waals surface area contributed by atoms with Gasteiger partial charge in [-0.25, -0.2) is 22.2 Å². The van der Waals surface area contributed by atoms with Crippen molar-refractivity contribution in [1.29, 1.82) is 0 Å². The number of benzene rings is 1. The average molecular weight is 513 g/mol. The van der Waals surface area contributed by atoms with E-state index < -0.39 is 39.8 Å². The zero-order valence-electron chi connectivity index (χ0n) is 19.0. The maximum Gasteiger partial charge on any atom is 0.257 e. The molecule has 7 nitrogen and oxygen atoms in total. The van der Waals surface area contributed by atoms with Crippen molar-refractivity contribution in [1.82, 2.24) is 4.98 Å². The standard InChI is InChI=1S/C23H26F2N2O5S2/c1-23(2)31-11-20(32-23)19-12-33-22(26-19)27-21(28)16(8-13-9-17(24)18(25)10-13)14-4-6-15(7-5-14)34(3,29)30/h4-8,12-13,17-18,20H,9-11H2,1-3H3,(H,26,27,28)/b16-8+/t13?,17-,18+,20?. The first-order chi connectivity index (χ1) is 15.9. The van der Waals surface area contributed by atoms with E-state index in [0.717, 1.165) is 6.26 Å². The fraction of sp³-hybridized carbons (Fsp3) is 0.478. The largest absolute Gasteiger partial charge is 0.347 e. The fourth-order valence-corrected chi connectivity index (χ4v) is 5.39. The Bertz CT molecular complexity index is 1180.